The fraction of sp³-hybridized carbons (Fsp3) is 0.150. The molecule has 0 atom stereocenters. The quantitative estimate of drug-likeness (QED) is 0.700. The third kappa shape index (κ3) is 3.42. The Balaban J connectivity index is 1.52. The first-order valence-corrected chi connectivity index (χ1v) is 10.1. The number of rotatable bonds is 4. The normalized spacial score (nSPS) is 14.9. The Morgan fingerprint density at radius 1 is 1.00 bits per heavy atom. The molecule has 9 heteroatoms. The minimum atomic E-state index is -4.48. The van der Waals surface area contributed by atoms with Crippen LogP contribution in [0.2, 0.25) is 0 Å². The number of nitrogens with zero attached hydrogens (tertiary/aromatic N) is 1. The van der Waals surface area contributed by atoms with Crippen molar-refractivity contribution in [1.82, 2.24) is 5.32 Å². The van der Waals surface area contributed by atoms with Crippen molar-refractivity contribution in [2.45, 2.75) is 17.6 Å². The van der Waals surface area contributed by atoms with E-state index in [0.29, 0.717) is 11.1 Å². The Morgan fingerprint density at radius 2 is 1.69 bits per heavy atom. The summed E-state index contributed by atoms with van der Waals surface area (Å²) in [6.07, 6.45) is -4.48. The number of carbonyl (C=O) groups excluding carboxylic acids is 1. The second-order valence-electron chi connectivity index (χ2n) is 6.62. The molecule has 0 saturated carbocycles. The molecule has 0 fully saturated rings. The largest absolute Gasteiger partial charge is 0.416 e. The Labute approximate surface area is 164 Å². The minimum Gasteiger partial charge on any atom is -0.350 e. The lowest BCUT2D eigenvalue weighted by molar-refractivity contribution is -0.137. The number of amides is 1. The summed E-state index contributed by atoms with van der Waals surface area (Å²) in [5.74, 6) is -0.615. The van der Waals surface area contributed by atoms with Crippen LogP contribution in [0.4, 0.5) is 18.9 Å². The fourth-order valence-corrected chi connectivity index (χ4v) is 5.04. The van der Waals surface area contributed by atoms with Crippen LogP contribution in [0.5, 0.6) is 0 Å². The molecule has 1 N–H and O–H groups in total. The maximum atomic E-state index is 12.9. The Kier molecular flexibility index (Phi) is 4.49. The summed E-state index contributed by atoms with van der Waals surface area (Å²) in [6.45, 7) is -0.608. The lowest BCUT2D eigenvalue weighted by Gasteiger charge is -2.18. The van der Waals surface area contributed by atoms with Gasteiger partial charge in [-0.2, -0.15) is 13.2 Å². The molecule has 0 spiro atoms. The minimum absolute atomic E-state index is 0.135. The predicted octanol–water partition coefficient (Wildman–Crippen LogP) is 3.68. The van der Waals surface area contributed by atoms with Gasteiger partial charge in [-0.3, -0.25) is 9.10 Å². The van der Waals surface area contributed by atoms with E-state index in [-0.39, 0.29) is 17.0 Å². The van der Waals surface area contributed by atoms with Gasteiger partial charge < -0.3 is 5.32 Å². The predicted molar refractivity (Wildman–Crippen MR) is 102 cm³/mol. The first-order chi connectivity index (χ1) is 13.7. The van der Waals surface area contributed by atoms with Crippen molar-refractivity contribution in [3.63, 3.8) is 0 Å². The number of carbonyl (C=O) groups is 1. The standard InChI is InChI=1S/C20H15F3N2O3S/c21-20(22,23)15-7-1-4-13(10-15)11-24-18(26)12-25-16-8-2-5-14-6-3-9-17(19(14)16)29(25,27)28/h1-10H,11-12H2,(H,24,26). The second-order valence-corrected chi connectivity index (χ2v) is 8.45. The second kappa shape index (κ2) is 6.77. The van der Waals surface area contributed by atoms with E-state index >= 15 is 0 Å². The first-order valence-electron chi connectivity index (χ1n) is 8.65. The van der Waals surface area contributed by atoms with E-state index in [2.05, 4.69) is 5.32 Å². The van der Waals surface area contributed by atoms with Gasteiger partial charge in [0.05, 0.1) is 16.1 Å². The van der Waals surface area contributed by atoms with Gasteiger partial charge in [-0.15, -0.1) is 0 Å². The Morgan fingerprint density at radius 3 is 2.41 bits per heavy atom. The lowest BCUT2D eigenvalue weighted by Crippen LogP contribution is -2.38. The highest BCUT2D eigenvalue weighted by Gasteiger charge is 2.36. The van der Waals surface area contributed by atoms with Crippen LogP contribution in [0.15, 0.2) is 65.6 Å². The molecule has 0 bridgehead atoms. The highest BCUT2D eigenvalue weighted by atomic mass is 32.2. The van der Waals surface area contributed by atoms with Crippen molar-refractivity contribution >= 4 is 32.4 Å². The van der Waals surface area contributed by atoms with E-state index in [4.69, 9.17) is 0 Å². The number of nitrogens with one attached hydrogen (secondary N) is 1. The van der Waals surface area contributed by atoms with Crippen LogP contribution in [0.3, 0.4) is 0 Å². The zero-order chi connectivity index (χ0) is 20.8. The number of hydrogen-bond donors (Lipinski definition) is 1. The SMILES string of the molecule is O=C(CN1c2cccc3cccc(c23)S1(=O)=O)NCc1cccc(C(F)(F)F)c1. The van der Waals surface area contributed by atoms with Crippen molar-refractivity contribution in [3.8, 4) is 0 Å². The van der Waals surface area contributed by atoms with Gasteiger partial charge >= 0.3 is 6.18 Å². The maximum Gasteiger partial charge on any atom is 0.416 e. The summed E-state index contributed by atoms with van der Waals surface area (Å²) in [5, 5.41) is 3.79. The molecule has 1 aliphatic heterocycles. The van der Waals surface area contributed by atoms with Crippen LogP contribution < -0.4 is 9.62 Å². The summed E-state index contributed by atoms with van der Waals surface area (Å²) < 4.78 is 65.1. The molecule has 0 saturated heterocycles. The number of hydrogen-bond acceptors (Lipinski definition) is 3. The zero-order valence-electron chi connectivity index (χ0n) is 14.9. The highest BCUT2D eigenvalue weighted by molar-refractivity contribution is 7.93. The van der Waals surface area contributed by atoms with Gasteiger partial charge in [0.15, 0.2) is 0 Å². The molecule has 0 radical (unpaired) electrons. The molecule has 150 valence electrons. The molecular formula is C20H15F3N2O3S. The summed E-state index contributed by atoms with van der Waals surface area (Å²) in [5.41, 5.74) is -0.136. The van der Waals surface area contributed by atoms with E-state index in [1.807, 2.05) is 0 Å². The molecule has 3 aromatic rings. The number of alkyl halides is 3. The summed E-state index contributed by atoms with van der Waals surface area (Å²) >= 11 is 0. The number of anilines is 1. The molecule has 5 nitrogen and oxygen atoms in total. The number of sulfonamides is 1. The fourth-order valence-electron chi connectivity index (χ4n) is 3.37. The molecular weight excluding hydrogens is 405 g/mol. The monoisotopic (exact) mass is 420 g/mol. The smallest absolute Gasteiger partial charge is 0.350 e. The molecule has 4 rings (SSSR count). The van der Waals surface area contributed by atoms with Gasteiger partial charge in [0.25, 0.3) is 10.0 Å². The van der Waals surface area contributed by atoms with Gasteiger partial charge in [0, 0.05) is 11.9 Å². The van der Waals surface area contributed by atoms with Crippen LogP contribution in [0.25, 0.3) is 10.8 Å². The Bertz CT molecular complexity index is 1220. The van der Waals surface area contributed by atoms with Crippen molar-refractivity contribution in [2.75, 3.05) is 10.8 Å². The van der Waals surface area contributed by atoms with Crippen LogP contribution in [0, 0.1) is 0 Å². The van der Waals surface area contributed by atoms with Crippen molar-refractivity contribution in [3.05, 3.63) is 71.8 Å². The molecule has 3 aromatic carbocycles. The topological polar surface area (TPSA) is 66.5 Å². The molecule has 1 aliphatic rings. The van der Waals surface area contributed by atoms with Crippen LogP contribution in [-0.2, 0) is 27.5 Å². The number of halogens is 3. The Hall–Kier alpha value is -3.07. The van der Waals surface area contributed by atoms with Crippen LogP contribution >= 0.6 is 0 Å². The molecule has 0 aromatic heterocycles. The van der Waals surface area contributed by atoms with Crippen LogP contribution in [-0.4, -0.2) is 20.9 Å². The first kappa shape index (κ1) is 19.3. The van der Waals surface area contributed by atoms with Gasteiger partial charge in [0.2, 0.25) is 5.91 Å². The highest BCUT2D eigenvalue weighted by Crippen LogP contribution is 2.41. The lowest BCUT2D eigenvalue weighted by atomic mass is 10.1. The van der Waals surface area contributed by atoms with Crippen molar-refractivity contribution < 1.29 is 26.4 Å². The van der Waals surface area contributed by atoms with Gasteiger partial charge in [-0.25, -0.2) is 8.42 Å². The van der Waals surface area contributed by atoms with Crippen molar-refractivity contribution in [2.24, 2.45) is 0 Å². The molecule has 0 unspecified atom stereocenters. The molecule has 0 aliphatic carbocycles. The maximum absolute atomic E-state index is 12.9. The molecule has 29 heavy (non-hydrogen) atoms. The van der Waals surface area contributed by atoms with Gasteiger partial charge in [-0.05, 0) is 35.2 Å². The molecule has 1 heterocycles. The van der Waals surface area contributed by atoms with Gasteiger partial charge in [0.1, 0.15) is 6.54 Å². The van der Waals surface area contributed by atoms with Crippen molar-refractivity contribution in [1.29, 1.82) is 0 Å². The van der Waals surface area contributed by atoms with E-state index < -0.39 is 34.2 Å². The van der Waals surface area contributed by atoms with Crippen LogP contribution in [0.1, 0.15) is 11.1 Å². The summed E-state index contributed by atoms with van der Waals surface area (Å²) in [6, 6.07) is 14.6. The van der Waals surface area contributed by atoms with E-state index in [9.17, 15) is 26.4 Å². The average molecular weight is 420 g/mol. The summed E-state index contributed by atoms with van der Waals surface area (Å²) in [4.78, 5) is 12.5. The number of benzene rings is 3. The van der Waals surface area contributed by atoms with Gasteiger partial charge in [-0.1, -0.05) is 36.4 Å². The van der Waals surface area contributed by atoms with E-state index in [1.165, 1.54) is 18.2 Å². The molecule has 1 amide bonds. The zero-order valence-corrected chi connectivity index (χ0v) is 15.7. The summed E-state index contributed by atoms with van der Waals surface area (Å²) in [7, 11) is -3.88. The van der Waals surface area contributed by atoms with E-state index in [1.54, 1.807) is 30.3 Å². The van der Waals surface area contributed by atoms with E-state index in [0.717, 1.165) is 21.8 Å². The third-order valence-electron chi connectivity index (χ3n) is 4.71. The third-order valence-corrected chi connectivity index (χ3v) is 6.51. The average Bonchev–Trinajstić information content (AvgIpc) is 2.89.